The van der Waals surface area contributed by atoms with Crippen LogP contribution < -0.4 is 14.8 Å². The summed E-state index contributed by atoms with van der Waals surface area (Å²) >= 11 is 0. The van der Waals surface area contributed by atoms with Crippen LogP contribution in [0.4, 0.5) is 0 Å². The van der Waals surface area contributed by atoms with E-state index < -0.39 is 0 Å². The zero-order valence-corrected chi connectivity index (χ0v) is 12.2. The number of Topliss-reactive ketones (excluding diaryl/α,β-unsaturated/α-hetero) is 1. The summed E-state index contributed by atoms with van der Waals surface area (Å²) in [4.78, 5) is 12.4. The first-order valence-electron chi connectivity index (χ1n) is 6.42. The maximum absolute atomic E-state index is 12.4. The molecule has 0 heterocycles. The van der Waals surface area contributed by atoms with Gasteiger partial charge in [-0.2, -0.15) is 0 Å². The molecular weight excluding hydrogens is 242 g/mol. The highest BCUT2D eigenvalue weighted by atomic mass is 16.5. The van der Waals surface area contributed by atoms with Crippen LogP contribution >= 0.6 is 0 Å². The van der Waals surface area contributed by atoms with E-state index >= 15 is 0 Å². The van der Waals surface area contributed by atoms with Gasteiger partial charge < -0.3 is 14.8 Å². The Hall–Kier alpha value is -1.55. The monoisotopic (exact) mass is 263 g/mol. The second-order valence-corrected chi connectivity index (χ2v) is 5.55. The van der Waals surface area contributed by atoms with Gasteiger partial charge >= 0.3 is 0 Å². The zero-order chi connectivity index (χ0) is 14.2. The van der Waals surface area contributed by atoms with Gasteiger partial charge in [-0.05, 0) is 36.6 Å². The second-order valence-electron chi connectivity index (χ2n) is 5.55. The van der Waals surface area contributed by atoms with Gasteiger partial charge in [0, 0.05) is 5.56 Å². The fourth-order valence-corrected chi connectivity index (χ4v) is 2.78. The van der Waals surface area contributed by atoms with Crippen molar-refractivity contribution >= 4 is 5.78 Å². The van der Waals surface area contributed by atoms with E-state index in [0.29, 0.717) is 11.5 Å². The molecule has 4 nitrogen and oxygen atoms in total. The van der Waals surface area contributed by atoms with Gasteiger partial charge in [-0.1, -0.05) is 13.8 Å². The molecule has 4 heteroatoms. The average Bonchev–Trinajstić information content (AvgIpc) is 2.41. The van der Waals surface area contributed by atoms with Gasteiger partial charge in [0.05, 0.1) is 20.3 Å². The summed E-state index contributed by atoms with van der Waals surface area (Å²) < 4.78 is 10.6. The Kier molecular flexibility index (Phi) is 3.54. The molecule has 2 rings (SSSR count). The Morgan fingerprint density at radius 1 is 1.21 bits per heavy atom. The lowest BCUT2D eigenvalue weighted by atomic mass is 9.70. The van der Waals surface area contributed by atoms with E-state index in [1.807, 2.05) is 13.1 Å². The van der Waals surface area contributed by atoms with Crippen molar-refractivity contribution in [3.05, 3.63) is 23.3 Å². The summed E-state index contributed by atoms with van der Waals surface area (Å²) in [6.07, 6.45) is 0.783. The van der Waals surface area contributed by atoms with E-state index in [4.69, 9.17) is 9.47 Å². The van der Waals surface area contributed by atoms with Gasteiger partial charge in [0.15, 0.2) is 17.3 Å². The number of benzene rings is 1. The molecular formula is C15H21NO3. The van der Waals surface area contributed by atoms with Crippen LogP contribution in [-0.2, 0) is 5.41 Å². The summed E-state index contributed by atoms with van der Waals surface area (Å²) in [5.41, 5.74) is 1.69. The third-order valence-corrected chi connectivity index (χ3v) is 3.90. The van der Waals surface area contributed by atoms with Gasteiger partial charge in [0.25, 0.3) is 0 Å². The topological polar surface area (TPSA) is 47.6 Å². The molecule has 0 saturated carbocycles. The molecule has 1 N–H and O–H groups in total. The largest absolute Gasteiger partial charge is 0.493 e. The van der Waals surface area contributed by atoms with Crippen LogP contribution in [0.2, 0.25) is 0 Å². The maximum atomic E-state index is 12.4. The Morgan fingerprint density at radius 3 is 2.32 bits per heavy atom. The number of hydrogen-bond acceptors (Lipinski definition) is 4. The summed E-state index contributed by atoms with van der Waals surface area (Å²) in [6, 6.07) is 3.58. The highest BCUT2D eigenvalue weighted by Gasteiger charge is 2.38. The van der Waals surface area contributed by atoms with Gasteiger partial charge in [0.1, 0.15) is 0 Å². The van der Waals surface area contributed by atoms with Gasteiger partial charge in [-0.15, -0.1) is 0 Å². The van der Waals surface area contributed by atoms with Crippen molar-refractivity contribution in [1.29, 1.82) is 0 Å². The molecule has 0 aromatic heterocycles. The first-order valence-corrected chi connectivity index (χ1v) is 6.42. The molecule has 0 amide bonds. The standard InChI is InChI=1S/C15H21NO3/c1-15(2)8-11(16-3)14(17)9-6-12(18-4)13(19-5)7-10(9)15/h6-7,11,16H,8H2,1-5H3. The van der Waals surface area contributed by atoms with Gasteiger partial charge in [-0.25, -0.2) is 0 Å². The molecule has 104 valence electrons. The summed E-state index contributed by atoms with van der Waals surface area (Å²) in [5, 5.41) is 3.09. The molecule has 0 bridgehead atoms. The Balaban J connectivity index is 2.63. The maximum Gasteiger partial charge on any atom is 0.180 e. The van der Waals surface area contributed by atoms with E-state index in [1.54, 1.807) is 20.3 Å². The highest BCUT2D eigenvalue weighted by molar-refractivity contribution is 6.03. The molecule has 0 fully saturated rings. The van der Waals surface area contributed by atoms with E-state index in [2.05, 4.69) is 19.2 Å². The summed E-state index contributed by atoms with van der Waals surface area (Å²) in [7, 11) is 5.01. The first kappa shape index (κ1) is 13.9. The molecule has 0 saturated heterocycles. The van der Waals surface area contributed by atoms with Crippen molar-refractivity contribution < 1.29 is 14.3 Å². The molecule has 1 unspecified atom stereocenters. The molecule has 0 radical (unpaired) electrons. The molecule has 1 aliphatic carbocycles. The van der Waals surface area contributed by atoms with Crippen molar-refractivity contribution in [3.8, 4) is 11.5 Å². The lowest BCUT2D eigenvalue weighted by Crippen LogP contribution is -2.44. The van der Waals surface area contributed by atoms with Crippen LogP contribution in [-0.4, -0.2) is 33.1 Å². The molecule has 1 aliphatic rings. The number of carbonyl (C=O) groups is 1. The van der Waals surface area contributed by atoms with Crippen molar-refractivity contribution in [2.24, 2.45) is 0 Å². The van der Waals surface area contributed by atoms with Gasteiger partial charge in [-0.3, -0.25) is 4.79 Å². The SMILES string of the molecule is CNC1CC(C)(C)c2cc(OC)c(OC)cc2C1=O. The minimum atomic E-state index is -0.138. The fourth-order valence-electron chi connectivity index (χ4n) is 2.78. The second kappa shape index (κ2) is 4.85. The number of fused-ring (bicyclic) bond motifs is 1. The predicted molar refractivity (Wildman–Crippen MR) is 74.4 cm³/mol. The predicted octanol–water partition coefficient (Wildman–Crippen LogP) is 2.16. The van der Waals surface area contributed by atoms with E-state index in [9.17, 15) is 4.79 Å². The minimum Gasteiger partial charge on any atom is -0.493 e. The van der Waals surface area contributed by atoms with Crippen molar-refractivity contribution in [2.75, 3.05) is 21.3 Å². The van der Waals surface area contributed by atoms with Crippen LogP contribution in [0.1, 0.15) is 36.2 Å². The Labute approximate surface area is 114 Å². The Morgan fingerprint density at radius 2 is 1.79 bits per heavy atom. The van der Waals surface area contributed by atoms with E-state index in [1.165, 1.54) is 0 Å². The number of ether oxygens (including phenoxy) is 2. The molecule has 19 heavy (non-hydrogen) atoms. The number of methoxy groups -OCH3 is 2. The van der Waals surface area contributed by atoms with E-state index in [-0.39, 0.29) is 17.2 Å². The third kappa shape index (κ3) is 2.21. The van der Waals surface area contributed by atoms with Gasteiger partial charge in [0.2, 0.25) is 0 Å². The molecule has 1 aromatic carbocycles. The fraction of sp³-hybridized carbons (Fsp3) is 0.533. The van der Waals surface area contributed by atoms with Crippen LogP contribution in [0.15, 0.2) is 12.1 Å². The molecule has 1 atom stereocenters. The minimum absolute atomic E-state index is 0.0729. The highest BCUT2D eigenvalue weighted by Crippen LogP contribution is 2.42. The van der Waals surface area contributed by atoms with Crippen molar-refractivity contribution in [3.63, 3.8) is 0 Å². The van der Waals surface area contributed by atoms with Crippen LogP contribution in [0.5, 0.6) is 11.5 Å². The number of likely N-dealkylation sites (N-methyl/N-ethyl adjacent to an activating group) is 1. The van der Waals surface area contributed by atoms with Crippen molar-refractivity contribution in [2.45, 2.75) is 31.7 Å². The normalized spacial score (nSPS) is 20.9. The molecule has 0 spiro atoms. The Bertz CT molecular complexity index is 508. The lowest BCUT2D eigenvalue weighted by molar-refractivity contribution is 0.0910. The lowest BCUT2D eigenvalue weighted by Gasteiger charge is -2.36. The van der Waals surface area contributed by atoms with Crippen LogP contribution in [0, 0.1) is 0 Å². The van der Waals surface area contributed by atoms with Crippen LogP contribution in [0.3, 0.4) is 0 Å². The number of hydrogen-bond donors (Lipinski definition) is 1. The summed E-state index contributed by atoms with van der Waals surface area (Å²) in [6.45, 7) is 4.29. The number of nitrogens with one attached hydrogen (secondary N) is 1. The molecule has 0 aliphatic heterocycles. The average molecular weight is 263 g/mol. The number of carbonyl (C=O) groups excluding carboxylic acids is 1. The number of rotatable bonds is 3. The van der Waals surface area contributed by atoms with Crippen LogP contribution in [0.25, 0.3) is 0 Å². The quantitative estimate of drug-likeness (QED) is 0.907. The smallest absolute Gasteiger partial charge is 0.180 e. The van der Waals surface area contributed by atoms with Crippen molar-refractivity contribution in [1.82, 2.24) is 5.32 Å². The first-order chi connectivity index (χ1) is 8.94. The summed E-state index contributed by atoms with van der Waals surface area (Å²) in [5.74, 6) is 1.39. The molecule has 1 aromatic rings. The zero-order valence-electron chi connectivity index (χ0n) is 12.2. The van der Waals surface area contributed by atoms with E-state index in [0.717, 1.165) is 17.5 Å². The third-order valence-electron chi connectivity index (χ3n) is 3.90. The number of ketones is 1.